The van der Waals surface area contributed by atoms with Crippen LogP contribution in [-0.2, 0) is 0 Å². The number of aromatic carboxylic acids is 1. The van der Waals surface area contributed by atoms with E-state index in [1.54, 1.807) is 0 Å². The van der Waals surface area contributed by atoms with E-state index < -0.39 is 17.7 Å². The van der Waals surface area contributed by atoms with Crippen molar-refractivity contribution in [3.63, 3.8) is 0 Å². The molecule has 0 spiro atoms. The van der Waals surface area contributed by atoms with Crippen molar-refractivity contribution >= 4 is 33.5 Å². The third kappa shape index (κ3) is 3.18. The van der Waals surface area contributed by atoms with Gasteiger partial charge in [0.2, 0.25) is 0 Å². The largest absolute Gasteiger partial charge is 0.478 e. The predicted molar refractivity (Wildman–Crippen MR) is 73.2 cm³/mol. The maximum Gasteiger partial charge on any atom is 0.336 e. The molecule has 0 fully saturated rings. The van der Waals surface area contributed by atoms with Crippen molar-refractivity contribution in [2.75, 3.05) is 5.32 Å². The Balaban J connectivity index is 2.21. The molecule has 2 aromatic rings. The Morgan fingerprint density at radius 1 is 1.25 bits per heavy atom. The number of carbonyl (C=O) groups excluding carboxylic acids is 1. The Hall–Kier alpha value is -2.28. The normalized spacial score (nSPS) is 10.1. The molecule has 0 saturated carbocycles. The summed E-state index contributed by atoms with van der Waals surface area (Å²) in [5, 5.41) is 11.5. The second kappa shape index (κ2) is 5.79. The van der Waals surface area contributed by atoms with Crippen molar-refractivity contribution < 1.29 is 19.1 Å². The summed E-state index contributed by atoms with van der Waals surface area (Å²) < 4.78 is 13.1. The summed E-state index contributed by atoms with van der Waals surface area (Å²) in [5.41, 5.74) is 0.364. The van der Waals surface area contributed by atoms with Crippen LogP contribution in [0.3, 0.4) is 0 Å². The molecule has 2 N–H and O–H groups in total. The van der Waals surface area contributed by atoms with Gasteiger partial charge in [-0.05, 0) is 46.3 Å². The molecule has 0 radical (unpaired) electrons. The number of benzene rings is 1. The van der Waals surface area contributed by atoms with E-state index in [0.717, 1.165) is 12.3 Å². The summed E-state index contributed by atoms with van der Waals surface area (Å²) in [6.07, 6.45) is 0.930. The van der Waals surface area contributed by atoms with Gasteiger partial charge in [-0.3, -0.25) is 4.79 Å². The second-order valence-corrected chi connectivity index (χ2v) is 4.67. The number of nitrogens with zero attached hydrogens (tertiary/aromatic N) is 1. The van der Waals surface area contributed by atoms with Crippen LogP contribution < -0.4 is 5.32 Å². The Morgan fingerprint density at radius 2 is 2.00 bits per heavy atom. The van der Waals surface area contributed by atoms with E-state index in [0.29, 0.717) is 10.2 Å². The van der Waals surface area contributed by atoms with Gasteiger partial charge >= 0.3 is 5.97 Å². The average molecular weight is 339 g/mol. The number of carboxylic acid groups (broad SMARTS) is 1. The molecule has 0 unspecified atom stereocenters. The van der Waals surface area contributed by atoms with E-state index in [9.17, 15) is 14.0 Å². The number of rotatable bonds is 3. The van der Waals surface area contributed by atoms with E-state index in [2.05, 4.69) is 26.2 Å². The molecule has 1 aromatic carbocycles. The molecule has 1 amide bonds. The van der Waals surface area contributed by atoms with E-state index in [1.807, 2.05) is 0 Å². The van der Waals surface area contributed by atoms with Crippen LogP contribution >= 0.6 is 15.9 Å². The second-order valence-electron chi connectivity index (χ2n) is 3.82. The fourth-order valence-electron chi connectivity index (χ4n) is 1.47. The number of hydrogen-bond donors (Lipinski definition) is 2. The van der Waals surface area contributed by atoms with Gasteiger partial charge in [0.25, 0.3) is 5.91 Å². The number of amides is 1. The van der Waals surface area contributed by atoms with Crippen LogP contribution in [0.5, 0.6) is 0 Å². The third-order valence-electron chi connectivity index (χ3n) is 2.41. The summed E-state index contributed by atoms with van der Waals surface area (Å²) in [6.45, 7) is 0. The zero-order valence-corrected chi connectivity index (χ0v) is 11.5. The van der Waals surface area contributed by atoms with Crippen molar-refractivity contribution in [3.05, 3.63) is 58.1 Å². The first-order valence-electron chi connectivity index (χ1n) is 5.43. The molecule has 1 aromatic heterocycles. The minimum absolute atomic E-state index is 0.0230. The molecule has 20 heavy (non-hydrogen) atoms. The lowest BCUT2D eigenvalue weighted by molar-refractivity contribution is 0.0695. The van der Waals surface area contributed by atoms with Crippen molar-refractivity contribution in [3.8, 4) is 0 Å². The van der Waals surface area contributed by atoms with Gasteiger partial charge in [0, 0.05) is 10.2 Å². The maximum atomic E-state index is 12.7. The van der Waals surface area contributed by atoms with Crippen molar-refractivity contribution in [2.45, 2.75) is 0 Å². The SMILES string of the molecule is O=C(Nc1ccc(Br)c(C(=O)O)c1)c1ccc(F)cn1. The molecular formula is C13H8BrFN2O3. The fraction of sp³-hybridized carbons (Fsp3) is 0. The lowest BCUT2D eigenvalue weighted by Gasteiger charge is -2.06. The van der Waals surface area contributed by atoms with Crippen LogP contribution in [0, 0.1) is 5.82 Å². The first-order chi connectivity index (χ1) is 9.47. The van der Waals surface area contributed by atoms with Crippen LogP contribution in [0.1, 0.15) is 20.8 Å². The van der Waals surface area contributed by atoms with Crippen LogP contribution in [0.2, 0.25) is 0 Å². The van der Waals surface area contributed by atoms with Crippen LogP contribution in [0.4, 0.5) is 10.1 Å². The number of halogens is 2. The molecule has 0 aliphatic rings. The molecule has 0 atom stereocenters. The van der Waals surface area contributed by atoms with Gasteiger partial charge in [-0.2, -0.15) is 0 Å². The summed E-state index contributed by atoms with van der Waals surface area (Å²) in [5.74, 6) is -2.21. The Kier molecular flexibility index (Phi) is 4.09. The first kappa shape index (κ1) is 14.1. The first-order valence-corrected chi connectivity index (χ1v) is 6.22. The smallest absolute Gasteiger partial charge is 0.336 e. The predicted octanol–water partition coefficient (Wildman–Crippen LogP) is 2.93. The quantitative estimate of drug-likeness (QED) is 0.901. The van der Waals surface area contributed by atoms with E-state index in [-0.39, 0.29) is 11.3 Å². The number of nitrogens with one attached hydrogen (secondary N) is 1. The van der Waals surface area contributed by atoms with E-state index >= 15 is 0 Å². The van der Waals surface area contributed by atoms with Crippen molar-refractivity contribution in [2.24, 2.45) is 0 Å². The number of aromatic nitrogens is 1. The Morgan fingerprint density at radius 3 is 2.60 bits per heavy atom. The molecule has 0 aliphatic heterocycles. The fourth-order valence-corrected chi connectivity index (χ4v) is 1.89. The van der Waals surface area contributed by atoms with Gasteiger partial charge < -0.3 is 10.4 Å². The van der Waals surface area contributed by atoms with Gasteiger partial charge in [0.1, 0.15) is 11.5 Å². The van der Waals surface area contributed by atoms with Crippen LogP contribution in [-0.4, -0.2) is 22.0 Å². The molecule has 5 nitrogen and oxygen atoms in total. The molecule has 0 aliphatic carbocycles. The monoisotopic (exact) mass is 338 g/mol. The summed E-state index contributed by atoms with van der Waals surface area (Å²) in [4.78, 5) is 26.4. The van der Waals surface area contributed by atoms with Gasteiger partial charge in [-0.15, -0.1) is 0 Å². The maximum absolute atomic E-state index is 12.7. The highest BCUT2D eigenvalue weighted by molar-refractivity contribution is 9.10. The topological polar surface area (TPSA) is 79.3 Å². The summed E-state index contributed by atoms with van der Waals surface area (Å²) in [6, 6.07) is 6.72. The Labute approximate surface area is 121 Å². The third-order valence-corrected chi connectivity index (χ3v) is 3.11. The number of hydrogen-bond acceptors (Lipinski definition) is 3. The zero-order valence-electron chi connectivity index (χ0n) is 9.93. The van der Waals surface area contributed by atoms with Gasteiger partial charge in [0.05, 0.1) is 11.8 Å². The molecular weight excluding hydrogens is 331 g/mol. The Bertz CT molecular complexity index is 674. The van der Waals surface area contributed by atoms with Crippen LogP contribution in [0.15, 0.2) is 41.0 Å². The van der Waals surface area contributed by atoms with E-state index in [1.165, 1.54) is 24.3 Å². The standard InChI is InChI=1S/C13H8BrFN2O3/c14-10-3-2-8(5-9(10)13(19)20)17-12(18)11-4-1-7(15)6-16-11/h1-6H,(H,17,18)(H,19,20). The zero-order chi connectivity index (χ0) is 14.7. The lowest BCUT2D eigenvalue weighted by atomic mass is 10.2. The minimum Gasteiger partial charge on any atom is -0.478 e. The molecule has 0 bridgehead atoms. The summed E-state index contributed by atoms with van der Waals surface area (Å²) in [7, 11) is 0. The highest BCUT2D eigenvalue weighted by Gasteiger charge is 2.12. The van der Waals surface area contributed by atoms with Crippen molar-refractivity contribution in [1.29, 1.82) is 0 Å². The number of pyridine rings is 1. The van der Waals surface area contributed by atoms with Gasteiger partial charge in [-0.1, -0.05) is 0 Å². The number of anilines is 1. The van der Waals surface area contributed by atoms with Gasteiger partial charge in [0.15, 0.2) is 0 Å². The van der Waals surface area contributed by atoms with Crippen molar-refractivity contribution in [1.82, 2.24) is 4.98 Å². The molecule has 0 saturated heterocycles. The highest BCUT2D eigenvalue weighted by atomic mass is 79.9. The van der Waals surface area contributed by atoms with E-state index in [4.69, 9.17) is 5.11 Å². The average Bonchev–Trinajstić information content (AvgIpc) is 2.41. The highest BCUT2D eigenvalue weighted by Crippen LogP contribution is 2.21. The molecule has 2 rings (SSSR count). The number of carbonyl (C=O) groups is 2. The van der Waals surface area contributed by atoms with Gasteiger partial charge in [-0.25, -0.2) is 14.2 Å². The summed E-state index contributed by atoms with van der Waals surface area (Å²) >= 11 is 3.10. The van der Waals surface area contributed by atoms with Crippen LogP contribution in [0.25, 0.3) is 0 Å². The molecule has 1 heterocycles. The molecule has 102 valence electrons. The number of carboxylic acids is 1. The molecule has 7 heteroatoms. The minimum atomic E-state index is -1.12. The lowest BCUT2D eigenvalue weighted by Crippen LogP contribution is -2.14.